The number of nitrogens with zero attached hydrogens (tertiary/aromatic N) is 1. The molecule has 0 saturated carbocycles. The van der Waals surface area contributed by atoms with Gasteiger partial charge < -0.3 is 10.4 Å². The van der Waals surface area contributed by atoms with Crippen LogP contribution in [0.1, 0.15) is 20.7 Å². The average molecular weight is 357 g/mol. The number of hydrogen-bond donors (Lipinski definition) is 2. The number of hydrogen-bond acceptors (Lipinski definition) is 3. The van der Waals surface area contributed by atoms with E-state index in [2.05, 4.69) is 26.2 Å². The summed E-state index contributed by atoms with van der Waals surface area (Å²) in [6, 6.07) is 4.06. The van der Waals surface area contributed by atoms with E-state index in [0.717, 1.165) is 0 Å². The third-order valence-corrected chi connectivity index (χ3v) is 3.17. The molecule has 0 saturated heterocycles. The number of carbonyl (C=O) groups excluding carboxylic acids is 1. The fraction of sp³-hybridized carbons (Fsp3) is 0. The van der Waals surface area contributed by atoms with Crippen molar-refractivity contribution in [3.05, 3.63) is 57.8 Å². The standard InChI is InChI=1S/C13H7BrF2N2O3/c14-11-6(2-1-3-17-11)12(19)18-10-5-9(16)8(15)4-7(10)13(20)21/h1-5H,(H,18,19)(H,20,21). The number of anilines is 1. The van der Waals surface area contributed by atoms with Gasteiger partial charge in [-0.2, -0.15) is 0 Å². The molecule has 1 amide bonds. The van der Waals surface area contributed by atoms with Gasteiger partial charge >= 0.3 is 5.97 Å². The Kier molecular flexibility index (Phi) is 4.27. The fourth-order valence-corrected chi connectivity index (χ4v) is 2.00. The van der Waals surface area contributed by atoms with Crippen molar-refractivity contribution in [3.8, 4) is 0 Å². The minimum absolute atomic E-state index is 0.124. The normalized spacial score (nSPS) is 10.2. The maximum atomic E-state index is 13.2. The molecule has 0 aliphatic heterocycles. The van der Waals surface area contributed by atoms with Gasteiger partial charge in [0.2, 0.25) is 0 Å². The van der Waals surface area contributed by atoms with Crippen LogP contribution in [0.3, 0.4) is 0 Å². The molecule has 0 aliphatic carbocycles. The zero-order valence-electron chi connectivity index (χ0n) is 10.2. The second-order valence-electron chi connectivity index (χ2n) is 3.91. The van der Waals surface area contributed by atoms with Gasteiger partial charge in [0.15, 0.2) is 11.6 Å². The summed E-state index contributed by atoms with van der Waals surface area (Å²) < 4.78 is 26.5. The lowest BCUT2D eigenvalue weighted by Crippen LogP contribution is -2.16. The first-order valence-electron chi connectivity index (χ1n) is 5.54. The van der Waals surface area contributed by atoms with E-state index >= 15 is 0 Å². The highest BCUT2D eigenvalue weighted by atomic mass is 79.9. The molecule has 0 unspecified atom stereocenters. The quantitative estimate of drug-likeness (QED) is 0.828. The molecular formula is C13H7BrF2N2O3. The van der Waals surface area contributed by atoms with E-state index in [1.54, 1.807) is 0 Å². The molecule has 1 aromatic heterocycles. The smallest absolute Gasteiger partial charge is 0.337 e. The molecule has 1 heterocycles. The van der Waals surface area contributed by atoms with Crippen LogP contribution in [0.2, 0.25) is 0 Å². The predicted octanol–water partition coefficient (Wildman–Crippen LogP) is 3.07. The second kappa shape index (κ2) is 5.96. The zero-order valence-corrected chi connectivity index (χ0v) is 11.8. The van der Waals surface area contributed by atoms with E-state index in [1.807, 2.05) is 0 Å². The van der Waals surface area contributed by atoms with Gasteiger partial charge in [0.1, 0.15) is 4.60 Å². The highest BCUT2D eigenvalue weighted by Gasteiger charge is 2.18. The monoisotopic (exact) mass is 356 g/mol. The van der Waals surface area contributed by atoms with E-state index in [9.17, 15) is 18.4 Å². The van der Waals surface area contributed by atoms with Gasteiger partial charge in [-0.25, -0.2) is 18.6 Å². The summed E-state index contributed by atoms with van der Waals surface area (Å²) in [7, 11) is 0. The summed E-state index contributed by atoms with van der Waals surface area (Å²) in [5, 5.41) is 11.2. The van der Waals surface area contributed by atoms with Gasteiger partial charge in [-0.05, 0) is 34.1 Å². The number of carboxylic acid groups (broad SMARTS) is 1. The van der Waals surface area contributed by atoms with Crippen molar-refractivity contribution in [1.82, 2.24) is 4.98 Å². The van der Waals surface area contributed by atoms with Gasteiger partial charge in [0.25, 0.3) is 5.91 Å². The van der Waals surface area contributed by atoms with E-state index < -0.39 is 29.1 Å². The molecular weight excluding hydrogens is 350 g/mol. The molecule has 1 aromatic carbocycles. The first kappa shape index (κ1) is 15.0. The Hall–Kier alpha value is -2.35. The Morgan fingerprint density at radius 2 is 1.86 bits per heavy atom. The number of pyridine rings is 1. The molecule has 5 nitrogen and oxygen atoms in total. The van der Waals surface area contributed by atoms with Crippen LogP contribution >= 0.6 is 15.9 Å². The van der Waals surface area contributed by atoms with Crippen molar-refractivity contribution in [1.29, 1.82) is 0 Å². The molecule has 0 bridgehead atoms. The summed E-state index contributed by atoms with van der Waals surface area (Å²) in [5.74, 6) is -4.77. The van der Waals surface area contributed by atoms with E-state index in [-0.39, 0.29) is 15.9 Å². The number of carboxylic acids is 1. The minimum atomic E-state index is -1.49. The molecule has 0 spiro atoms. The zero-order chi connectivity index (χ0) is 15.6. The van der Waals surface area contributed by atoms with Crippen LogP contribution in [0, 0.1) is 11.6 Å². The summed E-state index contributed by atoms with van der Waals surface area (Å²) in [4.78, 5) is 26.9. The minimum Gasteiger partial charge on any atom is -0.478 e. The molecule has 0 atom stereocenters. The summed E-state index contributed by atoms with van der Waals surface area (Å²) in [5.41, 5.74) is -0.775. The van der Waals surface area contributed by atoms with Crippen molar-refractivity contribution >= 4 is 33.5 Å². The number of carbonyl (C=O) groups is 2. The maximum Gasteiger partial charge on any atom is 0.337 e. The second-order valence-corrected chi connectivity index (χ2v) is 4.66. The van der Waals surface area contributed by atoms with Crippen LogP contribution in [0.5, 0.6) is 0 Å². The third-order valence-electron chi connectivity index (χ3n) is 2.54. The summed E-state index contributed by atoms with van der Waals surface area (Å²) in [6.45, 7) is 0. The third kappa shape index (κ3) is 3.22. The Balaban J connectivity index is 2.40. The molecule has 0 fully saturated rings. The van der Waals surface area contributed by atoms with Crippen LogP contribution in [0.25, 0.3) is 0 Å². The highest BCUT2D eigenvalue weighted by Crippen LogP contribution is 2.22. The molecule has 2 aromatic rings. The van der Waals surface area contributed by atoms with Crippen molar-refractivity contribution in [2.24, 2.45) is 0 Å². The highest BCUT2D eigenvalue weighted by molar-refractivity contribution is 9.10. The first-order valence-corrected chi connectivity index (χ1v) is 6.33. The van der Waals surface area contributed by atoms with Crippen LogP contribution in [0.15, 0.2) is 35.1 Å². The van der Waals surface area contributed by atoms with E-state index in [1.165, 1.54) is 18.3 Å². The van der Waals surface area contributed by atoms with Crippen molar-refractivity contribution in [2.75, 3.05) is 5.32 Å². The Bertz CT molecular complexity index is 737. The van der Waals surface area contributed by atoms with E-state index in [4.69, 9.17) is 5.11 Å². The molecule has 2 rings (SSSR count). The van der Waals surface area contributed by atoms with Gasteiger partial charge in [-0.15, -0.1) is 0 Å². The SMILES string of the molecule is O=C(O)c1cc(F)c(F)cc1NC(=O)c1cccnc1Br. The number of aromatic nitrogens is 1. The number of halogens is 3. The molecule has 21 heavy (non-hydrogen) atoms. The largest absolute Gasteiger partial charge is 0.478 e. The van der Waals surface area contributed by atoms with Crippen molar-refractivity contribution < 1.29 is 23.5 Å². The van der Waals surface area contributed by atoms with Crippen LogP contribution in [0.4, 0.5) is 14.5 Å². The van der Waals surface area contributed by atoms with Crippen LogP contribution in [-0.4, -0.2) is 22.0 Å². The fourth-order valence-electron chi connectivity index (χ4n) is 1.57. The molecule has 0 aliphatic rings. The number of nitrogens with one attached hydrogen (secondary N) is 1. The van der Waals surface area contributed by atoms with Crippen LogP contribution < -0.4 is 5.32 Å². The Labute approximate surface area is 125 Å². The summed E-state index contributed by atoms with van der Waals surface area (Å²) >= 11 is 3.06. The lowest BCUT2D eigenvalue weighted by molar-refractivity contribution is 0.0697. The van der Waals surface area contributed by atoms with Crippen LogP contribution in [-0.2, 0) is 0 Å². The molecule has 108 valence electrons. The Morgan fingerprint density at radius 3 is 2.48 bits per heavy atom. The Morgan fingerprint density at radius 1 is 1.19 bits per heavy atom. The number of benzene rings is 1. The van der Waals surface area contributed by atoms with Crippen molar-refractivity contribution in [2.45, 2.75) is 0 Å². The lowest BCUT2D eigenvalue weighted by atomic mass is 10.1. The van der Waals surface area contributed by atoms with Crippen molar-refractivity contribution in [3.63, 3.8) is 0 Å². The van der Waals surface area contributed by atoms with Gasteiger partial charge in [0, 0.05) is 12.3 Å². The summed E-state index contributed by atoms with van der Waals surface area (Å²) in [6.07, 6.45) is 1.45. The first-order chi connectivity index (χ1) is 9.90. The number of aromatic carboxylic acids is 1. The number of rotatable bonds is 3. The van der Waals surface area contributed by atoms with E-state index in [0.29, 0.717) is 12.1 Å². The predicted molar refractivity (Wildman–Crippen MR) is 73.2 cm³/mol. The molecule has 8 heteroatoms. The van der Waals surface area contributed by atoms with Gasteiger partial charge in [0.05, 0.1) is 16.8 Å². The maximum absolute atomic E-state index is 13.2. The lowest BCUT2D eigenvalue weighted by Gasteiger charge is -2.09. The molecule has 2 N–H and O–H groups in total. The van der Waals surface area contributed by atoms with Gasteiger partial charge in [-0.1, -0.05) is 0 Å². The topological polar surface area (TPSA) is 79.3 Å². The number of amides is 1. The van der Waals surface area contributed by atoms with Gasteiger partial charge in [-0.3, -0.25) is 4.79 Å². The average Bonchev–Trinajstić information content (AvgIpc) is 2.42. The molecule has 0 radical (unpaired) electrons.